The van der Waals surface area contributed by atoms with Crippen molar-refractivity contribution in [1.82, 2.24) is 29.5 Å². The molecule has 0 spiro atoms. The zero-order valence-corrected chi connectivity index (χ0v) is 19.0. The Kier molecular flexibility index (Phi) is 5.50. The Balaban J connectivity index is 1.18. The van der Waals surface area contributed by atoms with Crippen LogP contribution in [0.25, 0.3) is 5.78 Å². The molecule has 4 aromatic rings. The molecule has 12 heteroatoms. The molecule has 33 heavy (non-hydrogen) atoms. The molecule has 0 saturated carbocycles. The molecule has 2 amide bonds. The Bertz CT molecular complexity index is 1320. The predicted octanol–water partition coefficient (Wildman–Crippen LogP) is 1.93. The molecule has 0 aromatic carbocycles. The van der Waals surface area contributed by atoms with Gasteiger partial charge in [-0.1, -0.05) is 0 Å². The molecule has 1 aliphatic rings. The van der Waals surface area contributed by atoms with Crippen molar-refractivity contribution in [2.24, 2.45) is 0 Å². The normalized spacial score (nSPS) is 14.1. The van der Waals surface area contributed by atoms with Gasteiger partial charge >= 0.3 is 0 Å². The van der Waals surface area contributed by atoms with Crippen molar-refractivity contribution in [1.29, 1.82) is 0 Å². The summed E-state index contributed by atoms with van der Waals surface area (Å²) in [4.78, 5) is 42.1. The maximum atomic E-state index is 12.8. The van der Waals surface area contributed by atoms with Crippen LogP contribution in [0.15, 0.2) is 34.5 Å². The Hall–Kier alpha value is -3.80. The molecule has 0 radical (unpaired) electrons. The molecule has 170 valence electrons. The Labute approximate surface area is 193 Å². The fourth-order valence-corrected chi connectivity index (χ4v) is 4.52. The molecule has 1 fully saturated rings. The molecule has 11 nitrogen and oxygen atoms in total. The van der Waals surface area contributed by atoms with E-state index < -0.39 is 0 Å². The second kappa shape index (κ2) is 8.62. The van der Waals surface area contributed by atoms with Gasteiger partial charge in [0.05, 0.1) is 23.9 Å². The summed E-state index contributed by atoms with van der Waals surface area (Å²) in [7, 11) is 0. The van der Waals surface area contributed by atoms with Gasteiger partial charge in [-0.05, 0) is 19.9 Å². The van der Waals surface area contributed by atoms with Crippen LogP contribution in [0.1, 0.15) is 27.5 Å². The van der Waals surface area contributed by atoms with Gasteiger partial charge in [0.2, 0.25) is 5.91 Å². The van der Waals surface area contributed by atoms with Crippen molar-refractivity contribution in [3.8, 4) is 0 Å². The lowest BCUT2D eigenvalue weighted by Gasteiger charge is -2.36. The monoisotopic (exact) mass is 466 g/mol. The fraction of sp³-hybridized carbons (Fsp3) is 0.333. The van der Waals surface area contributed by atoms with Crippen LogP contribution in [0.2, 0.25) is 0 Å². The average Bonchev–Trinajstić information content (AvgIpc) is 3.54. The number of carbonyl (C=O) groups is 2. The number of amides is 2. The van der Waals surface area contributed by atoms with Crippen LogP contribution < -0.4 is 10.2 Å². The summed E-state index contributed by atoms with van der Waals surface area (Å²) >= 11 is 1.30. The van der Waals surface area contributed by atoms with Crippen molar-refractivity contribution < 1.29 is 14.0 Å². The lowest BCUT2D eigenvalue weighted by Crippen LogP contribution is -2.49. The standard InChI is InChI=1S/C21H22N8O3S/c1-13-9-17(29-20(24-13)22-12-23-29)27-4-6-28(7-5-27)18(30)10-15-11-33-21(25-15)26-19(31)16-3-8-32-14(16)2/h3,8-9,11-12H,4-7,10H2,1-2H3,(H,25,26,31). The van der Waals surface area contributed by atoms with E-state index in [0.717, 1.165) is 11.5 Å². The van der Waals surface area contributed by atoms with Crippen LogP contribution in [-0.2, 0) is 11.2 Å². The third-order valence-electron chi connectivity index (χ3n) is 5.53. The van der Waals surface area contributed by atoms with Gasteiger partial charge in [0.1, 0.15) is 17.9 Å². The van der Waals surface area contributed by atoms with Crippen LogP contribution in [0.5, 0.6) is 0 Å². The number of anilines is 2. The first-order chi connectivity index (χ1) is 16.0. The van der Waals surface area contributed by atoms with E-state index in [2.05, 4.69) is 30.3 Å². The van der Waals surface area contributed by atoms with E-state index in [1.54, 1.807) is 22.9 Å². The first-order valence-corrected chi connectivity index (χ1v) is 11.4. The second-order valence-electron chi connectivity index (χ2n) is 7.76. The van der Waals surface area contributed by atoms with Crippen LogP contribution in [0, 0.1) is 13.8 Å². The van der Waals surface area contributed by atoms with E-state index in [9.17, 15) is 9.59 Å². The number of nitrogens with zero attached hydrogens (tertiary/aromatic N) is 7. The predicted molar refractivity (Wildman–Crippen MR) is 122 cm³/mol. The summed E-state index contributed by atoms with van der Waals surface area (Å²) in [5.41, 5.74) is 1.98. The number of piperazine rings is 1. The number of thiazole rings is 1. The molecule has 1 aliphatic heterocycles. The third-order valence-corrected chi connectivity index (χ3v) is 6.33. The largest absolute Gasteiger partial charge is 0.469 e. The average molecular weight is 467 g/mol. The van der Waals surface area contributed by atoms with Gasteiger partial charge in [0.25, 0.3) is 11.7 Å². The zero-order chi connectivity index (χ0) is 22.9. The number of hydrogen-bond donors (Lipinski definition) is 1. The SMILES string of the molecule is Cc1cc(N2CCN(C(=O)Cc3csc(NC(=O)c4ccoc4C)n3)CC2)n2ncnc2n1. The highest BCUT2D eigenvalue weighted by atomic mass is 32.1. The summed E-state index contributed by atoms with van der Waals surface area (Å²) < 4.78 is 6.89. The molecule has 0 bridgehead atoms. The van der Waals surface area contributed by atoms with E-state index in [1.807, 2.05) is 17.9 Å². The van der Waals surface area contributed by atoms with Crippen molar-refractivity contribution in [2.45, 2.75) is 20.3 Å². The third kappa shape index (κ3) is 4.29. The molecule has 4 aromatic heterocycles. The highest BCUT2D eigenvalue weighted by Gasteiger charge is 2.24. The molecule has 1 saturated heterocycles. The van der Waals surface area contributed by atoms with Crippen LogP contribution in [-0.4, -0.2) is 67.5 Å². The van der Waals surface area contributed by atoms with Crippen LogP contribution >= 0.6 is 11.3 Å². The van der Waals surface area contributed by atoms with Gasteiger partial charge in [-0.25, -0.2) is 9.97 Å². The first-order valence-electron chi connectivity index (χ1n) is 10.5. The van der Waals surface area contributed by atoms with E-state index in [4.69, 9.17) is 4.42 Å². The molecule has 5 rings (SSSR count). The Morgan fingerprint density at radius 1 is 1.18 bits per heavy atom. The van der Waals surface area contributed by atoms with Gasteiger partial charge in [-0.2, -0.15) is 14.6 Å². The van der Waals surface area contributed by atoms with Crippen LogP contribution in [0.4, 0.5) is 10.9 Å². The van der Waals surface area contributed by atoms with Crippen molar-refractivity contribution in [3.05, 3.63) is 52.8 Å². The van der Waals surface area contributed by atoms with Crippen molar-refractivity contribution in [3.63, 3.8) is 0 Å². The Morgan fingerprint density at radius 2 is 2.00 bits per heavy atom. The Morgan fingerprint density at radius 3 is 2.76 bits per heavy atom. The van der Waals surface area contributed by atoms with Gasteiger partial charge in [0.15, 0.2) is 5.13 Å². The van der Waals surface area contributed by atoms with E-state index in [1.165, 1.54) is 23.9 Å². The van der Waals surface area contributed by atoms with Gasteiger partial charge < -0.3 is 14.2 Å². The van der Waals surface area contributed by atoms with E-state index in [-0.39, 0.29) is 18.2 Å². The molecule has 0 aliphatic carbocycles. The van der Waals surface area contributed by atoms with Crippen molar-refractivity contribution >= 4 is 39.9 Å². The number of rotatable bonds is 5. The number of aromatic nitrogens is 5. The number of carbonyl (C=O) groups excluding carboxylic acids is 2. The minimum atomic E-state index is -0.280. The van der Waals surface area contributed by atoms with E-state index in [0.29, 0.717) is 54.1 Å². The molecule has 1 N–H and O–H groups in total. The number of nitrogens with one attached hydrogen (secondary N) is 1. The smallest absolute Gasteiger partial charge is 0.260 e. The summed E-state index contributed by atoms with van der Waals surface area (Å²) in [6.07, 6.45) is 3.16. The lowest BCUT2D eigenvalue weighted by molar-refractivity contribution is -0.130. The quantitative estimate of drug-likeness (QED) is 0.474. The molecular formula is C21H22N8O3S. The highest BCUT2D eigenvalue weighted by molar-refractivity contribution is 7.14. The fourth-order valence-electron chi connectivity index (χ4n) is 3.82. The van der Waals surface area contributed by atoms with Gasteiger partial charge in [-0.15, -0.1) is 11.3 Å². The van der Waals surface area contributed by atoms with E-state index >= 15 is 0 Å². The number of hydrogen-bond acceptors (Lipinski definition) is 9. The topological polar surface area (TPSA) is 122 Å². The summed E-state index contributed by atoms with van der Waals surface area (Å²) in [5.74, 6) is 1.77. The minimum absolute atomic E-state index is 0.0142. The molecule has 0 atom stereocenters. The maximum absolute atomic E-state index is 12.8. The summed E-state index contributed by atoms with van der Waals surface area (Å²) in [6.45, 7) is 6.23. The molecular weight excluding hydrogens is 444 g/mol. The summed E-state index contributed by atoms with van der Waals surface area (Å²) in [6, 6.07) is 3.60. The number of fused-ring (bicyclic) bond motifs is 1. The zero-order valence-electron chi connectivity index (χ0n) is 18.2. The number of aryl methyl sites for hydroxylation is 2. The molecule has 5 heterocycles. The van der Waals surface area contributed by atoms with Gasteiger partial charge in [0, 0.05) is 43.3 Å². The van der Waals surface area contributed by atoms with Crippen molar-refractivity contribution in [2.75, 3.05) is 36.4 Å². The highest BCUT2D eigenvalue weighted by Crippen LogP contribution is 2.21. The maximum Gasteiger partial charge on any atom is 0.260 e. The second-order valence-corrected chi connectivity index (χ2v) is 8.62. The first kappa shape index (κ1) is 21.1. The summed E-state index contributed by atoms with van der Waals surface area (Å²) in [5, 5.41) is 9.28. The lowest BCUT2D eigenvalue weighted by atomic mass is 10.2. The number of furan rings is 1. The molecule has 0 unspecified atom stereocenters. The minimum Gasteiger partial charge on any atom is -0.469 e. The van der Waals surface area contributed by atoms with Crippen LogP contribution in [0.3, 0.4) is 0 Å². The van der Waals surface area contributed by atoms with Gasteiger partial charge in [-0.3, -0.25) is 14.9 Å².